The zero-order valence-electron chi connectivity index (χ0n) is 6.08. The largest absolute Gasteiger partial charge is 0.492 e. The Morgan fingerprint density at radius 1 is 1.40 bits per heavy atom. The molecule has 0 fully saturated rings. The van der Waals surface area contributed by atoms with E-state index in [0.717, 1.165) is 0 Å². The van der Waals surface area contributed by atoms with Crippen molar-refractivity contribution in [1.29, 1.82) is 0 Å². The predicted molar refractivity (Wildman–Crippen MR) is 33.7 cm³/mol. The van der Waals surface area contributed by atoms with Gasteiger partial charge in [0.2, 0.25) is 5.76 Å². The summed E-state index contributed by atoms with van der Waals surface area (Å²) < 4.78 is 9.00. The average Bonchev–Trinajstić information content (AvgIpc) is 1.88. The van der Waals surface area contributed by atoms with Crippen LogP contribution in [0.1, 0.15) is 6.92 Å². The minimum Gasteiger partial charge on any atom is -0.492 e. The van der Waals surface area contributed by atoms with Gasteiger partial charge in [0.05, 0.1) is 14.2 Å². The van der Waals surface area contributed by atoms with Crippen molar-refractivity contribution in [3.63, 3.8) is 0 Å². The lowest BCUT2D eigenvalue weighted by molar-refractivity contribution is -0.464. The van der Waals surface area contributed by atoms with Crippen molar-refractivity contribution >= 4 is 0 Å². The topological polar surface area (TPSA) is 61.6 Å². The Kier molecular flexibility index (Phi) is 3.24. The fraction of sp³-hybridized carbons (Fsp3) is 0.600. The number of nitro groups is 1. The molecule has 0 saturated carbocycles. The quantitative estimate of drug-likeness (QED) is 0.335. The lowest BCUT2D eigenvalue weighted by atomic mass is 10.6. The van der Waals surface area contributed by atoms with E-state index in [1.807, 2.05) is 0 Å². The first-order valence-corrected chi connectivity index (χ1v) is 2.56. The Balaban J connectivity index is 4.45. The molecule has 0 radical (unpaired) electrons. The smallest absolute Gasteiger partial charge is 0.465 e. The summed E-state index contributed by atoms with van der Waals surface area (Å²) in [7, 11) is 2.57. The minimum absolute atomic E-state index is 0.160. The molecule has 0 aliphatic heterocycles. The van der Waals surface area contributed by atoms with E-state index in [9.17, 15) is 10.1 Å². The summed E-state index contributed by atoms with van der Waals surface area (Å²) in [6.07, 6.45) is 0. The van der Waals surface area contributed by atoms with Gasteiger partial charge in [0.15, 0.2) is 0 Å². The fourth-order valence-electron chi connectivity index (χ4n) is 0.434. The van der Waals surface area contributed by atoms with Crippen LogP contribution in [0.3, 0.4) is 0 Å². The van der Waals surface area contributed by atoms with Crippen LogP contribution in [0.15, 0.2) is 11.6 Å². The summed E-state index contributed by atoms with van der Waals surface area (Å²) in [6, 6.07) is 0. The second-order valence-electron chi connectivity index (χ2n) is 1.53. The third-order valence-corrected chi connectivity index (χ3v) is 0.967. The Hall–Kier alpha value is -1.26. The molecule has 0 aromatic rings. The number of hydrogen-bond donors (Lipinski definition) is 0. The van der Waals surface area contributed by atoms with Gasteiger partial charge in [0, 0.05) is 6.92 Å². The van der Waals surface area contributed by atoms with Crippen molar-refractivity contribution in [1.82, 2.24) is 0 Å². The van der Waals surface area contributed by atoms with Crippen LogP contribution >= 0.6 is 0 Å². The highest BCUT2D eigenvalue weighted by Crippen LogP contribution is 2.04. The molecule has 0 aliphatic carbocycles. The van der Waals surface area contributed by atoms with Crippen LogP contribution < -0.4 is 0 Å². The van der Waals surface area contributed by atoms with Gasteiger partial charge in [0.25, 0.3) is 0 Å². The van der Waals surface area contributed by atoms with Gasteiger partial charge in [-0.2, -0.15) is 0 Å². The molecule has 58 valence electrons. The van der Waals surface area contributed by atoms with Gasteiger partial charge < -0.3 is 9.47 Å². The molecule has 0 N–H and O–H groups in total. The lowest BCUT2D eigenvalue weighted by Gasteiger charge is -1.99. The van der Waals surface area contributed by atoms with Crippen molar-refractivity contribution in [2.24, 2.45) is 0 Å². The van der Waals surface area contributed by atoms with Crippen LogP contribution in [0, 0.1) is 10.1 Å². The average molecular weight is 147 g/mol. The molecule has 10 heavy (non-hydrogen) atoms. The first kappa shape index (κ1) is 8.74. The van der Waals surface area contributed by atoms with E-state index in [1.165, 1.54) is 21.1 Å². The van der Waals surface area contributed by atoms with Gasteiger partial charge in [0.1, 0.15) is 4.92 Å². The highest BCUT2D eigenvalue weighted by Gasteiger charge is 2.15. The van der Waals surface area contributed by atoms with Crippen molar-refractivity contribution in [3.8, 4) is 0 Å². The Labute approximate surface area is 58.4 Å². The first-order valence-electron chi connectivity index (χ1n) is 2.56. The predicted octanol–water partition coefficient (Wildman–Crippen LogP) is 0.745. The number of rotatable bonds is 3. The van der Waals surface area contributed by atoms with Crippen LogP contribution in [-0.4, -0.2) is 19.1 Å². The molecule has 5 heteroatoms. The molecule has 0 aliphatic rings. The van der Waals surface area contributed by atoms with Crippen LogP contribution in [0.5, 0.6) is 0 Å². The Morgan fingerprint density at radius 2 is 1.90 bits per heavy atom. The summed E-state index contributed by atoms with van der Waals surface area (Å²) in [6.45, 7) is 1.46. The first-order chi connectivity index (χ1) is 4.63. The van der Waals surface area contributed by atoms with Gasteiger partial charge in [-0.05, 0) is 0 Å². The Bertz CT molecular complexity index is 163. The Morgan fingerprint density at radius 3 is 2.00 bits per heavy atom. The SMILES string of the molecule is COC(C)=C(OC)[N+](=O)[O-]. The zero-order chi connectivity index (χ0) is 8.15. The number of methoxy groups -OCH3 is 2. The fourth-order valence-corrected chi connectivity index (χ4v) is 0.434. The van der Waals surface area contributed by atoms with Gasteiger partial charge >= 0.3 is 5.88 Å². The summed E-state index contributed by atoms with van der Waals surface area (Å²) in [5.74, 6) is -0.199. The molecule has 0 aromatic carbocycles. The summed E-state index contributed by atoms with van der Waals surface area (Å²) in [5, 5.41) is 10.1. The molecular formula is C5H9NO4. The van der Waals surface area contributed by atoms with Crippen molar-refractivity contribution in [2.75, 3.05) is 14.2 Å². The number of ether oxygens (including phenoxy) is 2. The van der Waals surface area contributed by atoms with E-state index >= 15 is 0 Å². The minimum atomic E-state index is -0.640. The number of nitrogens with zero attached hydrogens (tertiary/aromatic N) is 1. The monoisotopic (exact) mass is 147 g/mol. The highest BCUT2D eigenvalue weighted by atomic mass is 16.7. The maximum atomic E-state index is 10.1. The van der Waals surface area contributed by atoms with Crippen molar-refractivity contribution < 1.29 is 14.4 Å². The van der Waals surface area contributed by atoms with E-state index in [2.05, 4.69) is 9.47 Å². The normalized spacial score (nSPS) is 11.9. The van der Waals surface area contributed by atoms with Gasteiger partial charge in [-0.15, -0.1) is 0 Å². The number of hydrogen-bond acceptors (Lipinski definition) is 4. The van der Waals surface area contributed by atoms with Crippen LogP contribution in [0.25, 0.3) is 0 Å². The van der Waals surface area contributed by atoms with E-state index < -0.39 is 4.92 Å². The maximum absolute atomic E-state index is 10.1. The van der Waals surface area contributed by atoms with E-state index in [0.29, 0.717) is 0 Å². The lowest BCUT2D eigenvalue weighted by Crippen LogP contribution is -2.04. The van der Waals surface area contributed by atoms with Crippen LogP contribution in [0.2, 0.25) is 0 Å². The van der Waals surface area contributed by atoms with Crippen molar-refractivity contribution in [2.45, 2.75) is 6.92 Å². The standard InChI is InChI=1S/C5H9NO4/c1-4(9-2)5(10-3)6(7)8/h1-3H3. The van der Waals surface area contributed by atoms with E-state index in [-0.39, 0.29) is 11.6 Å². The van der Waals surface area contributed by atoms with E-state index in [1.54, 1.807) is 0 Å². The summed E-state index contributed by atoms with van der Waals surface area (Å²) in [4.78, 5) is 9.43. The second kappa shape index (κ2) is 3.71. The van der Waals surface area contributed by atoms with Crippen molar-refractivity contribution in [3.05, 3.63) is 21.8 Å². The molecule has 5 nitrogen and oxygen atoms in total. The molecule has 0 aromatic heterocycles. The molecule has 0 saturated heterocycles. The molecule has 0 bridgehead atoms. The maximum Gasteiger partial charge on any atom is 0.465 e. The molecule has 0 rings (SSSR count). The summed E-state index contributed by atoms with van der Waals surface area (Å²) >= 11 is 0. The van der Waals surface area contributed by atoms with Gasteiger partial charge in [-0.3, -0.25) is 10.1 Å². The molecule has 0 unspecified atom stereocenters. The molecular weight excluding hydrogens is 138 g/mol. The third kappa shape index (κ3) is 1.93. The van der Waals surface area contributed by atoms with Crippen LogP contribution in [-0.2, 0) is 9.47 Å². The second-order valence-corrected chi connectivity index (χ2v) is 1.53. The summed E-state index contributed by atoms with van der Waals surface area (Å²) in [5.41, 5.74) is 0. The molecule has 0 spiro atoms. The zero-order valence-corrected chi connectivity index (χ0v) is 6.08. The third-order valence-electron chi connectivity index (χ3n) is 0.967. The van der Waals surface area contributed by atoms with Gasteiger partial charge in [-0.1, -0.05) is 0 Å². The van der Waals surface area contributed by atoms with Crippen LogP contribution in [0.4, 0.5) is 0 Å². The molecule has 0 amide bonds. The molecule has 0 atom stereocenters. The van der Waals surface area contributed by atoms with E-state index in [4.69, 9.17) is 0 Å². The van der Waals surface area contributed by atoms with Gasteiger partial charge in [-0.25, -0.2) is 0 Å². The molecule has 0 heterocycles. The number of allylic oxidation sites excluding steroid dienone is 1. The highest BCUT2D eigenvalue weighted by molar-refractivity contribution is 4.88.